The highest BCUT2D eigenvalue weighted by atomic mass is 79.9. The van der Waals surface area contributed by atoms with E-state index < -0.39 is 0 Å². The van der Waals surface area contributed by atoms with Gasteiger partial charge in [-0.05, 0) is 74.0 Å². The summed E-state index contributed by atoms with van der Waals surface area (Å²) in [5.41, 5.74) is 7.74. The third-order valence-electron chi connectivity index (χ3n) is 6.30. The third-order valence-corrected chi connectivity index (χ3v) is 6.79. The molecule has 1 aromatic carbocycles. The van der Waals surface area contributed by atoms with Gasteiger partial charge in [0.25, 0.3) is 0 Å². The number of nitrogen functional groups attached to an aromatic ring is 1. The van der Waals surface area contributed by atoms with E-state index in [0.29, 0.717) is 5.92 Å². The fraction of sp³-hybridized carbons (Fsp3) is 0.556. The minimum Gasteiger partial charge on any atom is -0.398 e. The lowest BCUT2D eigenvalue weighted by molar-refractivity contribution is -0.00552. The fourth-order valence-corrected chi connectivity index (χ4v) is 6.00. The molecule has 0 saturated heterocycles. The molecule has 0 spiro atoms. The monoisotopic (exact) mass is 372 g/mol. The van der Waals surface area contributed by atoms with Crippen LogP contribution in [0.2, 0.25) is 0 Å². The van der Waals surface area contributed by atoms with Crippen LogP contribution < -0.4 is 5.73 Å². The van der Waals surface area contributed by atoms with Gasteiger partial charge in [-0.2, -0.15) is 5.10 Å². The molecule has 4 fully saturated rings. The quantitative estimate of drug-likeness (QED) is 0.769. The number of hydrogen-bond acceptors (Lipinski definition) is 3. The van der Waals surface area contributed by atoms with Gasteiger partial charge in [0.05, 0.1) is 0 Å². The Balaban J connectivity index is 1.49. The van der Waals surface area contributed by atoms with E-state index in [-0.39, 0.29) is 0 Å². The van der Waals surface area contributed by atoms with E-state index in [9.17, 15) is 0 Å². The average molecular weight is 373 g/mol. The summed E-state index contributed by atoms with van der Waals surface area (Å²) in [7, 11) is 0. The van der Waals surface area contributed by atoms with Crippen LogP contribution >= 0.6 is 15.9 Å². The van der Waals surface area contributed by atoms with Crippen LogP contribution in [0.15, 0.2) is 22.7 Å². The smallest absolute Gasteiger partial charge is 0.183 e. The summed E-state index contributed by atoms with van der Waals surface area (Å²) in [5.74, 6) is 5.99. The Bertz CT molecular complexity index is 725. The number of nitrogens with zero attached hydrogens (tertiary/aromatic N) is 2. The first-order valence-corrected chi connectivity index (χ1v) is 9.44. The molecule has 5 heteroatoms. The standard InChI is InChI=1S/C18H21BrN4/c19-13-1-2-15(20)14(8-13)17-21-18(23-22-17)16-11-4-9-3-10(6-11)7-12(16)5-9/h1-2,8-12,16H,3-7,20H2,(H,21,22,23). The zero-order valence-electron chi connectivity index (χ0n) is 13.0. The van der Waals surface area contributed by atoms with Crippen molar-refractivity contribution < 1.29 is 0 Å². The third kappa shape index (κ3) is 2.24. The number of hydrogen-bond donors (Lipinski definition) is 2. The number of nitrogens with one attached hydrogen (secondary N) is 1. The molecular weight excluding hydrogens is 352 g/mol. The zero-order valence-corrected chi connectivity index (χ0v) is 14.6. The van der Waals surface area contributed by atoms with Crippen molar-refractivity contribution >= 4 is 21.6 Å². The molecule has 4 nitrogen and oxygen atoms in total. The Kier molecular flexibility index (Phi) is 3.09. The largest absolute Gasteiger partial charge is 0.398 e. The van der Waals surface area contributed by atoms with E-state index in [1.165, 1.54) is 32.1 Å². The van der Waals surface area contributed by atoms with Crippen molar-refractivity contribution in [2.45, 2.75) is 38.0 Å². The van der Waals surface area contributed by atoms with Crippen LogP contribution in [0.25, 0.3) is 11.4 Å². The number of nitrogens with two attached hydrogens (primary N) is 1. The van der Waals surface area contributed by atoms with Crippen molar-refractivity contribution in [2.75, 3.05) is 5.73 Å². The molecule has 0 aliphatic heterocycles. The zero-order chi connectivity index (χ0) is 15.6. The predicted octanol–water partition coefficient (Wildman–Crippen LogP) is 4.36. The number of aromatic nitrogens is 3. The summed E-state index contributed by atoms with van der Waals surface area (Å²) in [5, 5.41) is 7.73. The average Bonchev–Trinajstić information content (AvgIpc) is 2.98. The molecule has 1 aromatic heterocycles. The molecule has 4 aliphatic carbocycles. The van der Waals surface area contributed by atoms with E-state index in [0.717, 1.165) is 51.0 Å². The van der Waals surface area contributed by atoms with Crippen LogP contribution in [0.1, 0.15) is 43.8 Å². The van der Waals surface area contributed by atoms with Gasteiger partial charge in [0.2, 0.25) is 0 Å². The maximum atomic E-state index is 6.11. The van der Waals surface area contributed by atoms with Crippen molar-refractivity contribution in [2.24, 2.45) is 23.7 Å². The van der Waals surface area contributed by atoms with Gasteiger partial charge >= 0.3 is 0 Å². The van der Waals surface area contributed by atoms with E-state index in [2.05, 4.69) is 26.1 Å². The summed E-state index contributed by atoms with van der Waals surface area (Å²) >= 11 is 3.51. The van der Waals surface area contributed by atoms with Crippen LogP contribution in [0.5, 0.6) is 0 Å². The van der Waals surface area contributed by atoms with Gasteiger partial charge in [0, 0.05) is 21.6 Å². The predicted molar refractivity (Wildman–Crippen MR) is 93.7 cm³/mol. The van der Waals surface area contributed by atoms with Crippen molar-refractivity contribution in [1.29, 1.82) is 0 Å². The molecule has 3 N–H and O–H groups in total. The number of aromatic amines is 1. The Morgan fingerprint density at radius 2 is 1.74 bits per heavy atom. The lowest BCUT2D eigenvalue weighted by Gasteiger charge is -2.53. The topological polar surface area (TPSA) is 67.6 Å². The Morgan fingerprint density at radius 3 is 2.43 bits per heavy atom. The first kappa shape index (κ1) is 14.0. The molecule has 4 saturated carbocycles. The van der Waals surface area contributed by atoms with E-state index in [4.69, 9.17) is 10.7 Å². The molecule has 0 amide bonds. The minimum atomic E-state index is 0.581. The molecule has 6 rings (SSSR count). The minimum absolute atomic E-state index is 0.581. The highest BCUT2D eigenvalue weighted by Crippen LogP contribution is 2.59. The molecule has 0 unspecified atom stereocenters. The highest BCUT2D eigenvalue weighted by molar-refractivity contribution is 9.10. The second-order valence-electron chi connectivity index (χ2n) is 7.73. The molecule has 1 heterocycles. The second-order valence-corrected chi connectivity index (χ2v) is 8.65. The molecule has 0 radical (unpaired) electrons. The number of H-pyrrole nitrogens is 1. The molecule has 120 valence electrons. The van der Waals surface area contributed by atoms with Gasteiger partial charge in [-0.3, -0.25) is 5.10 Å². The second kappa shape index (κ2) is 5.07. The highest BCUT2D eigenvalue weighted by Gasteiger charge is 2.49. The molecule has 2 aromatic rings. The van der Waals surface area contributed by atoms with Crippen LogP contribution in [0, 0.1) is 23.7 Å². The van der Waals surface area contributed by atoms with E-state index >= 15 is 0 Å². The maximum Gasteiger partial charge on any atom is 0.183 e. The fourth-order valence-electron chi connectivity index (χ4n) is 5.64. The Hall–Kier alpha value is -1.36. The Morgan fingerprint density at radius 1 is 1.04 bits per heavy atom. The molecule has 4 bridgehead atoms. The summed E-state index contributed by atoms with van der Waals surface area (Å²) in [6, 6.07) is 5.85. The lowest BCUT2D eigenvalue weighted by Crippen LogP contribution is -2.44. The molecular formula is C18H21BrN4. The maximum absolute atomic E-state index is 6.11. The summed E-state index contributed by atoms with van der Waals surface area (Å²) in [6.45, 7) is 0. The molecule has 4 aliphatic rings. The van der Waals surface area contributed by atoms with Crippen LogP contribution in [-0.2, 0) is 0 Å². The first-order chi connectivity index (χ1) is 11.2. The van der Waals surface area contributed by atoms with E-state index in [1.54, 1.807) is 0 Å². The van der Waals surface area contributed by atoms with Crippen LogP contribution in [0.3, 0.4) is 0 Å². The van der Waals surface area contributed by atoms with E-state index in [1.807, 2.05) is 18.2 Å². The van der Waals surface area contributed by atoms with Gasteiger partial charge in [-0.25, -0.2) is 4.98 Å². The van der Waals surface area contributed by atoms with Gasteiger partial charge in [0.15, 0.2) is 5.82 Å². The number of halogens is 1. The van der Waals surface area contributed by atoms with Crippen molar-refractivity contribution in [3.63, 3.8) is 0 Å². The van der Waals surface area contributed by atoms with Crippen LogP contribution in [-0.4, -0.2) is 15.2 Å². The molecule has 23 heavy (non-hydrogen) atoms. The van der Waals surface area contributed by atoms with Gasteiger partial charge < -0.3 is 5.73 Å². The first-order valence-electron chi connectivity index (χ1n) is 8.65. The van der Waals surface area contributed by atoms with Gasteiger partial charge in [-0.1, -0.05) is 15.9 Å². The molecule has 0 atom stereocenters. The summed E-state index contributed by atoms with van der Waals surface area (Å²) in [6.07, 6.45) is 7.06. The van der Waals surface area contributed by atoms with Crippen molar-refractivity contribution in [3.05, 3.63) is 28.5 Å². The SMILES string of the molecule is Nc1ccc(Br)cc1-c1n[nH]c(C2C3CC4CC(C3)CC2C4)n1. The van der Waals surface area contributed by atoms with Crippen LogP contribution in [0.4, 0.5) is 5.69 Å². The number of rotatable bonds is 2. The van der Waals surface area contributed by atoms with Crippen molar-refractivity contribution in [3.8, 4) is 11.4 Å². The van der Waals surface area contributed by atoms with Crippen molar-refractivity contribution in [1.82, 2.24) is 15.2 Å². The summed E-state index contributed by atoms with van der Waals surface area (Å²) in [4.78, 5) is 4.86. The normalized spacial score (nSPS) is 34.9. The number of benzene rings is 1. The Labute approximate surface area is 144 Å². The van der Waals surface area contributed by atoms with Gasteiger partial charge in [0.1, 0.15) is 5.82 Å². The summed E-state index contributed by atoms with van der Waals surface area (Å²) < 4.78 is 1.00. The van der Waals surface area contributed by atoms with Gasteiger partial charge in [-0.15, -0.1) is 0 Å². The lowest BCUT2D eigenvalue weighted by atomic mass is 9.52. The number of anilines is 1.